The summed E-state index contributed by atoms with van der Waals surface area (Å²) < 4.78 is 6.84. The summed E-state index contributed by atoms with van der Waals surface area (Å²) in [6.45, 7) is 3.54. The maximum atomic E-state index is 12.6. The zero-order valence-corrected chi connectivity index (χ0v) is 12.5. The van der Waals surface area contributed by atoms with Crippen LogP contribution >= 0.6 is 22.6 Å². The van der Waals surface area contributed by atoms with E-state index in [0.717, 1.165) is 40.6 Å². The minimum absolute atomic E-state index is 0.156. The molecule has 0 radical (unpaired) electrons. The number of nitrogens with zero attached hydrogens (tertiary/aromatic N) is 1. The SMILES string of the molecule is Cc1cccc(C(=O)N2CC3CCC(C2)O3)c1I. The lowest BCUT2D eigenvalue weighted by molar-refractivity contribution is -0.0303. The van der Waals surface area contributed by atoms with Gasteiger partial charge in [-0.3, -0.25) is 4.79 Å². The molecule has 4 heteroatoms. The minimum atomic E-state index is 0.156. The van der Waals surface area contributed by atoms with Gasteiger partial charge in [0.05, 0.1) is 17.8 Å². The molecule has 0 aliphatic carbocycles. The van der Waals surface area contributed by atoms with Crippen molar-refractivity contribution in [1.29, 1.82) is 0 Å². The third kappa shape index (κ3) is 2.16. The molecule has 2 atom stereocenters. The molecular formula is C14H16INO2. The van der Waals surface area contributed by atoms with Crippen LogP contribution < -0.4 is 0 Å². The van der Waals surface area contributed by atoms with E-state index in [0.29, 0.717) is 0 Å². The molecule has 1 aromatic rings. The molecule has 18 heavy (non-hydrogen) atoms. The van der Waals surface area contributed by atoms with E-state index < -0.39 is 0 Å². The van der Waals surface area contributed by atoms with Gasteiger partial charge in [-0.15, -0.1) is 0 Å². The van der Waals surface area contributed by atoms with Crippen molar-refractivity contribution >= 4 is 28.5 Å². The maximum Gasteiger partial charge on any atom is 0.255 e. The largest absolute Gasteiger partial charge is 0.371 e. The summed E-state index contributed by atoms with van der Waals surface area (Å²) in [5.41, 5.74) is 1.99. The van der Waals surface area contributed by atoms with E-state index in [9.17, 15) is 4.79 Å². The normalized spacial score (nSPS) is 26.4. The van der Waals surface area contributed by atoms with E-state index in [1.165, 1.54) is 0 Å². The summed E-state index contributed by atoms with van der Waals surface area (Å²) in [7, 11) is 0. The molecule has 2 unspecified atom stereocenters. The van der Waals surface area contributed by atoms with Crippen LogP contribution in [0.5, 0.6) is 0 Å². The fourth-order valence-corrected chi connectivity index (χ4v) is 3.35. The number of ether oxygens (including phenoxy) is 1. The predicted octanol–water partition coefficient (Wildman–Crippen LogP) is 2.60. The molecule has 2 saturated heterocycles. The fraction of sp³-hybridized carbons (Fsp3) is 0.500. The zero-order chi connectivity index (χ0) is 12.7. The van der Waals surface area contributed by atoms with Crippen LogP contribution in [0.15, 0.2) is 18.2 Å². The van der Waals surface area contributed by atoms with Crippen LogP contribution in [-0.4, -0.2) is 36.1 Å². The lowest BCUT2D eigenvalue weighted by Crippen LogP contribution is -2.46. The van der Waals surface area contributed by atoms with E-state index >= 15 is 0 Å². The number of carbonyl (C=O) groups excluding carboxylic acids is 1. The van der Waals surface area contributed by atoms with Crippen molar-refractivity contribution in [1.82, 2.24) is 4.90 Å². The first-order chi connectivity index (χ1) is 8.65. The summed E-state index contributed by atoms with van der Waals surface area (Å²) in [4.78, 5) is 14.5. The zero-order valence-electron chi connectivity index (χ0n) is 10.4. The van der Waals surface area contributed by atoms with E-state index in [4.69, 9.17) is 4.74 Å². The monoisotopic (exact) mass is 357 g/mol. The van der Waals surface area contributed by atoms with Crippen molar-refractivity contribution in [3.05, 3.63) is 32.9 Å². The minimum Gasteiger partial charge on any atom is -0.371 e. The molecule has 96 valence electrons. The second-order valence-electron chi connectivity index (χ2n) is 5.10. The van der Waals surface area contributed by atoms with Crippen molar-refractivity contribution in [2.45, 2.75) is 32.0 Å². The van der Waals surface area contributed by atoms with Gasteiger partial charge in [-0.25, -0.2) is 0 Å². The Labute approximate surface area is 121 Å². The van der Waals surface area contributed by atoms with Gasteiger partial charge in [0.25, 0.3) is 5.91 Å². The molecule has 3 nitrogen and oxygen atoms in total. The summed E-state index contributed by atoms with van der Waals surface area (Å²) >= 11 is 2.26. The van der Waals surface area contributed by atoms with Crippen molar-refractivity contribution in [3.63, 3.8) is 0 Å². The molecule has 1 amide bonds. The predicted molar refractivity (Wildman–Crippen MR) is 77.7 cm³/mol. The topological polar surface area (TPSA) is 29.5 Å². The highest BCUT2D eigenvalue weighted by Gasteiger charge is 2.36. The van der Waals surface area contributed by atoms with Gasteiger partial charge < -0.3 is 9.64 Å². The number of hydrogen-bond donors (Lipinski definition) is 0. The number of benzene rings is 1. The van der Waals surface area contributed by atoms with Gasteiger partial charge >= 0.3 is 0 Å². The van der Waals surface area contributed by atoms with Crippen LogP contribution in [0.1, 0.15) is 28.8 Å². The standard InChI is InChI=1S/C14H16INO2/c1-9-3-2-4-12(13(9)15)14(17)16-7-10-5-6-11(8-16)18-10/h2-4,10-11H,5-8H2,1H3. The van der Waals surface area contributed by atoms with E-state index in [1.807, 2.05) is 30.0 Å². The summed E-state index contributed by atoms with van der Waals surface area (Å²) in [5.74, 6) is 0.156. The second kappa shape index (κ2) is 4.81. The van der Waals surface area contributed by atoms with Gasteiger partial charge in [0, 0.05) is 16.7 Å². The summed E-state index contributed by atoms with van der Waals surface area (Å²) in [6, 6.07) is 5.93. The fourth-order valence-electron chi connectivity index (χ4n) is 2.76. The first-order valence-electron chi connectivity index (χ1n) is 6.35. The van der Waals surface area contributed by atoms with Crippen molar-refractivity contribution in [2.24, 2.45) is 0 Å². The van der Waals surface area contributed by atoms with Crippen LogP contribution in [0.2, 0.25) is 0 Å². The van der Waals surface area contributed by atoms with E-state index in [-0.39, 0.29) is 18.1 Å². The van der Waals surface area contributed by atoms with E-state index in [2.05, 4.69) is 22.6 Å². The Morgan fingerprint density at radius 3 is 2.67 bits per heavy atom. The molecule has 2 bridgehead atoms. The van der Waals surface area contributed by atoms with Gasteiger partial charge in [0.2, 0.25) is 0 Å². The van der Waals surface area contributed by atoms with Gasteiger partial charge in [-0.05, 0) is 54.0 Å². The second-order valence-corrected chi connectivity index (χ2v) is 6.18. The Bertz CT molecular complexity index is 477. The molecule has 0 aromatic heterocycles. The van der Waals surface area contributed by atoms with Crippen LogP contribution in [-0.2, 0) is 4.74 Å². The lowest BCUT2D eigenvalue weighted by atomic mass is 10.1. The Balaban J connectivity index is 1.84. The summed E-state index contributed by atoms with van der Waals surface area (Å²) in [5, 5.41) is 0. The van der Waals surface area contributed by atoms with Gasteiger partial charge in [0.1, 0.15) is 0 Å². The maximum absolute atomic E-state index is 12.6. The Morgan fingerprint density at radius 1 is 1.33 bits per heavy atom. The Morgan fingerprint density at radius 2 is 2.00 bits per heavy atom. The number of carbonyl (C=O) groups is 1. The third-order valence-electron chi connectivity index (χ3n) is 3.75. The molecule has 2 fully saturated rings. The number of hydrogen-bond acceptors (Lipinski definition) is 2. The van der Waals surface area contributed by atoms with Crippen LogP contribution in [0.25, 0.3) is 0 Å². The quantitative estimate of drug-likeness (QED) is 0.724. The van der Waals surface area contributed by atoms with E-state index in [1.54, 1.807) is 0 Å². The Kier molecular flexibility index (Phi) is 3.32. The molecule has 2 aliphatic rings. The number of likely N-dealkylation sites (tertiary alicyclic amines) is 1. The van der Waals surface area contributed by atoms with Crippen LogP contribution in [0.3, 0.4) is 0 Å². The van der Waals surface area contributed by atoms with Crippen molar-refractivity contribution < 1.29 is 9.53 Å². The number of amides is 1. The number of fused-ring (bicyclic) bond motifs is 2. The molecule has 2 heterocycles. The van der Waals surface area contributed by atoms with Crippen LogP contribution in [0.4, 0.5) is 0 Å². The number of morpholine rings is 1. The molecule has 1 aromatic carbocycles. The van der Waals surface area contributed by atoms with Gasteiger partial charge in [0.15, 0.2) is 0 Å². The highest BCUT2D eigenvalue weighted by molar-refractivity contribution is 14.1. The third-order valence-corrected chi connectivity index (χ3v) is 5.18. The molecular weight excluding hydrogens is 341 g/mol. The highest BCUT2D eigenvalue weighted by atomic mass is 127. The highest BCUT2D eigenvalue weighted by Crippen LogP contribution is 2.28. The molecule has 0 saturated carbocycles. The number of aryl methyl sites for hydroxylation is 1. The molecule has 0 N–H and O–H groups in total. The summed E-state index contributed by atoms with van der Waals surface area (Å²) in [6.07, 6.45) is 2.71. The molecule has 0 spiro atoms. The Hall–Kier alpha value is -0.620. The molecule has 2 aliphatic heterocycles. The van der Waals surface area contributed by atoms with Gasteiger partial charge in [-0.2, -0.15) is 0 Å². The van der Waals surface area contributed by atoms with Gasteiger partial charge in [-0.1, -0.05) is 12.1 Å². The van der Waals surface area contributed by atoms with Crippen molar-refractivity contribution in [2.75, 3.05) is 13.1 Å². The van der Waals surface area contributed by atoms with Crippen LogP contribution in [0, 0.1) is 10.5 Å². The molecule has 3 rings (SSSR count). The first-order valence-corrected chi connectivity index (χ1v) is 7.43. The number of rotatable bonds is 1. The lowest BCUT2D eigenvalue weighted by Gasteiger charge is -2.32. The average Bonchev–Trinajstić information content (AvgIpc) is 2.71. The first kappa shape index (κ1) is 12.4. The average molecular weight is 357 g/mol. The smallest absolute Gasteiger partial charge is 0.255 e. The number of halogens is 1. The van der Waals surface area contributed by atoms with Crippen molar-refractivity contribution in [3.8, 4) is 0 Å².